The highest BCUT2D eigenvalue weighted by atomic mass is 16.5. The van der Waals surface area contributed by atoms with E-state index < -0.39 is 0 Å². The van der Waals surface area contributed by atoms with Crippen molar-refractivity contribution in [3.63, 3.8) is 0 Å². The van der Waals surface area contributed by atoms with Crippen LogP contribution >= 0.6 is 0 Å². The van der Waals surface area contributed by atoms with Crippen molar-refractivity contribution in [2.45, 2.75) is 50.7 Å². The van der Waals surface area contributed by atoms with Crippen molar-refractivity contribution >= 4 is 0 Å². The number of nitrogens with two attached hydrogens (primary N) is 1. The third-order valence-electron chi connectivity index (χ3n) is 3.96. The number of hydrogen-bond donors (Lipinski definition) is 1. The van der Waals surface area contributed by atoms with Crippen LogP contribution in [0.2, 0.25) is 0 Å². The van der Waals surface area contributed by atoms with Gasteiger partial charge in [-0.1, -0.05) is 0 Å². The maximum absolute atomic E-state index is 5.96. The maximum atomic E-state index is 5.96. The van der Waals surface area contributed by atoms with Gasteiger partial charge in [0.1, 0.15) is 6.33 Å². The number of nitrogens with zero attached hydrogens (tertiary/aromatic N) is 2. The smallest absolute Gasteiger partial charge is 0.115 e. The highest BCUT2D eigenvalue weighted by Gasteiger charge is 2.25. The minimum absolute atomic E-state index is 0.389. The van der Waals surface area contributed by atoms with E-state index in [-0.39, 0.29) is 0 Å². The molecule has 3 rings (SSSR count). The van der Waals surface area contributed by atoms with E-state index in [0.717, 1.165) is 38.7 Å². The van der Waals surface area contributed by atoms with Crippen molar-refractivity contribution in [1.29, 1.82) is 0 Å². The largest absolute Gasteiger partial charge is 0.376 e. The maximum Gasteiger partial charge on any atom is 0.115 e. The molecule has 1 aromatic rings. The number of fused-ring (bicyclic) bond motifs is 1. The summed E-state index contributed by atoms with van der Waals surface area (Å²) in [7, 11) is 0. The molecule has 0 atom stereocenters. The summed E-state index contributed by atoms with van der Waals surface area (Å²) < 4.78 is 5.54. The van der Waals surface area contributed by atoms with Crippen LogP contribution in [-0.2, 0) is 17.8 Å². The van der Waals surface area contributed by atoms with Crippen LogP contribution in [0.5, 0.6) is 0 Å². The molecular formula is C13H19N3O. The Kier molecular flexibility index (Phi) is 3.07. The average molecular weight is 233 g/mol. The molecule has 4 nitrogen and oxygen atoms in total. The van der Waals surface area contributed by atoms with Crippen LogP contribution in [0.25, 0.3) is 0 Å². The van der Waals surface area contributed by atoms with Gasteiger partial charge in [0.15, 0.2) is 0 Å². The quantitative estimate of drug-likeness (QED) is 0.799. The fourth-order valence-corrected chi connectivity index (χ4v) is 2.92. The number of ether oxygens (including phenoxy) is 1. The van der Waals surface area contributed by atoms with Crippen molar-refractivity contribution in [2.75, 3.05) is 6.61 Å². The predicted octanol–water partition coefficient (Wildman–Crippen LogP) is 1.53. The second kappa shape index (κ2) is 4.70. The van der Waals surface area contributed by atoms with E-state index in [4.69, 9.17) is 10.5 Å². The Bertz CT molecular complexity index is 400. The van der Waals surface area contributed by atoms with E-state index in [1.165, 1.54) is 17.0 Å². The Hall–Kier alpha value is -1.00. The molecule has 0 saturated heterocycles. The van der Waals surface area contributed by atoms with Gasteiger partial charge in [0.05, 0.1) is 24.6 Å². The summed E-state index contributed by atoms with van der Waals surface area (Å²) in [5.41, 5.74) is 9.62. The summed E-state index contributed by atoms with van der Waals surface area (Å²) in [6.45, 7) is 1.48. The summed E-state index contributed by atoms with van der Waals surface area (Å²) in [5.74, 6) is 0.563. The molecule has 1 aliphatic heterocycles. The normalized spacial score (nSPS) is 28.8. The lowest BCUT2D eigenvalue weighted by Crippen LogP contribution is -2.27. The van der Waals surface area contributed by atoms with Gasteiger partial charge in [-0.3, -0.25) is 0 Å². The fourth-order valence-electron chi connectivity index (χ4n) is 2.92. The van der Waals surface area contributed by atoms with Gasteiger partial charge >= 0.3 is 0 Å². The minimum atomic E-state index is 0.389. The van der Waals surface area contributed by atoms with Crippen LogP contribution in [0.3, 0.4) is 0 Å². The summed E-state index contributed by atoms with van der Waals surface area (Å²) in [5, 5.41) is 0. The minimum Gasteiger partial charge on any atom is -0.376 e. The topological polar surface area (TPSA) is 61.0 Å². The number of rotatable bonds is 1. The van der Waals surface area contributed by atoms with Gasteiger partial charge < -0.3 is 10.5 Å². The van der Waals surface area contributed by atoms with Crippen LogP contribution < -0.4 is 5.73 Å². The van der Waals surface area contributed by atoms with Crippen molar-refractivity contribution in [3.8, 4) is 0 Å². The predicted molar refractivity (Wildman–Crippen MR) is 64.6 cm³/mol. The molecule has 0 amide bonds. The molecule has 1 aliphatic carbocycles. The molecule has 1 aromatic heterocycles. The first-order chi connectivity index (χ1) is 8.34. The van der Waals surface area contributed by atoms with Crippen LogP contribution in [0.1, 0.15) is 48.6 Å². The molecule has 92 valence electrons. The van der Waals surface area contributed by atoms with Gasteiger partial charge in [0.25, 0.3) is 0 Å². The fraction of sp³-hybridized carbons (Fsp3) is 0.692. The molecule has 1 saturated carbocycles. The van der Waals surface area contributed by atoms with Gasteiger partial charge in [0, 0.05) is 23.9 Å². The molecule has 2 N–H and O–H groups in total. The van der Waals surface area contributed by atoms with Crippen LogP contribution in [0.15, 0.2) is 6.33 Å². The Balaban J connectivity index is 1.87. The van der Waals surface area contributed by atoms with Crippen molar-refractivity contribution in [2.24, 2.45) is 5.73 Å². The zero-order valence-corrected chi connectivity index (χ0v) is 10.1. The summed E-state index contributed by atoms with van der Waals surface area (Å²) in [6.07, 6.45) is 7.19. The molecule has 1 fully saturated rings. The monoisotopic (exact) mass is 233 g/mol. The van der Waals surface area contributed by atoms with E-state index in [1.807, 2.05) is 0 Å². The molecule has 2 heterocycles. The van der Waals surface area contributed by atoms with Crippen LogP contribution in [0.4, 0.5) is 0 Å². The van der Waals surface area contributed by atoms with E-state index in [9.17, 15) is 0 Å². The molecule has 0 bridgehead atoms. The molecule has 0 radical (unpaired) electrons. The first kappa shape index (κ1) is 11.1. The third kappa shape index (κ3) is 2.19. The van der Waals surface area contributed by atoms with E-state index >= 15 is 0 Å². The molecule has 0 unspecified atom stereocenters. The van der Waals surface area contributed by atoms with Crippen LogP contribution in [-0.4, -0.2) is 22.6 Å². The highest BCUT2D eigenvalue weighted by molar-refractivity contribution is 5.28. The van der Waals surface area contributed by atoms with Crippen molar-refractivity contribution in [3.05, 3.63) is 23.3 Å². The second-order valence-corrected chi connectivity index (χ2v) is 5.10. The first-order valence-electron chi connectivity index (χ1n) is 6.50. The summed E-state index contributed by atoms with van der Waals surface area (Å²) >= 11 is 0. The van der Waals surface area contributed by atoms with E-state index in [2.05, 4.69) is 9.97 Å². The standard InChI is InChI=1S/C13H19N3O/c14-10-3-1-9(2-4-10)13-11-7-17-6-5-12(11)15-8-16-13/h8-10H,1-7,14H2. The lowest BCUT2D eigenvalue weighted by molar-refractivity contribution is 0.107. The second-order valence-electron chi connectivity index (χ2n) is 5.10. The van der Waals surface area contributed by atoms with Crippen molar-refractivity contribution < 1.29 is 4.74 Å². The van der Waals surface area contributed by atoms with Crippen LogP contribution in [0, 0.1) is 0 Å². The zero-order chi connectivity index (χ0) is 11.7. The van der Waals surface area contributed by atoms with Gasteiger partial charge in [-0.2, -0.15) is 0 Å². The molecule has 0 spiro atoms. The Labute approximate surface area is 102 Å². The number of aromatic nitrogens is 2. The van der Waals surface area contributed by atoms with Crippen molar-refractivity contribution in [1.82, 2.24) is 9.97 Å². The average Bonchev–Trinajstić information content (AvgIpc) is 2.39. The van der Waals surface area contributed by atoms with E-state index in [1.54, 1.807) is 6.33 Å². The lowest BCUT2D eigenvalue weighted by atomic mass is 9.82. The Morgan fingerprint density at radius 2 is 2.00 bits per heavy atom. The Morgan fingerprint density at radius 3 is 2.82 bits per heavy atom. The van der Waals surface area contributed by atoms with Gasteiger partial charge in [-0.25, -0.2) is 9.97 Å². The van der Waals surface area contributed by atoms with Gasteiger partial charge in [-0.15, -0.1) is 0 Å². The summed E-state index contributed by atoms with van der Waals surface area (Å²) in [4.78, 5) is 8.88. The van der Waals surface area contributed by atoms with E-state index in [0.29, 0.717) is 18.6 Å². The highest BCUT2D eigenvalue weighted by Crippen LogP contribution is 2.34. The van der Waals surface area contributed by atoms with Gasteiger partial charge in [0.2, 0.25) is 0 Å². The summed E-state index contributed by atoms with van der Waals surface area (Å²) in [6, 6.07) is 0.389. The SMILES string of the molecule is NC1CCC(c2ncnc3c2COCC3)CC1. The lowest BCUT2D eigenvalue weighted by Gasteiger charge is -2.28. The number of hydrogen-bond acceptors (Lipinski definition) is 4. The first-order valence-corrected chi connectivity index (χ1v) is 6.50. The molecular weight excluding hydrogens is 214 g/mol. The molecule has 0 aromatic carbocycles. The molecule has 17 heavy (non-hydrogen) atoms. The molecule has 4 heteroatoms. The molecule has 2 aliphatic rings. The van der Waals surface area contributed by atoms with Gasteiger partial charge in [-0.05, 0) is 25.7 Å². The Morgan fingerprint density at radius 1 is 1.18 bits per heavy atom. The zero-order valence-electron chi connectivity index (χ0n) is 10.1. The third-order valence-corrected chi connectivity index (χ3v) is 3.96.